The summed E-state index contributed by atoms with van der Waals surface area (Å²) in [5.41, 5.74) is 2.55. The molecule has 14 heavy (non-hydrogen) atoms. The summed E-state index contributed by atoms with van der Waals surface area (Å²) in [5, 5.41) is 8.19. The summed E-state index contributed by atoms with van der Waals surface area (Å²) in [6, 6.07) is 0. The Bertz CT molecular complexity index is 363. The van der Waals surface area contributed by atoms with Crippen LogP contribution in [0.5, 0.6) is 0 Å². The summed E-state index contributed by atoms with van der Waals surface area (Å²) in [7, 11) is 0. The van der Waals surface area contributed by atoms with Gasteiger partial charge in [-0.2, -0.15) is 0 Å². The lowest BCUT2D eigenvalue weighted by atomic mass is 10.1. The van der Waals surface area contributed by atoms with Gasteiger partial charge in [0.1, 0.15) is 11.5 Å². The van der Waals surface area contributed by atoms with E-state index in [9.17, 15) is 0 Å². The van der Waals surface area contributed by atoms with E-state index >= 15 is 0 Å². The molecular formula is C10H13ClN2O. The van der Waals surface area contributed by atoms with Crippen LogP contribution in [0.4, 0.5) is 0 Å². The Kier molecular flexibility index (Phi) is 3.47. The molecule has 0 amide bonds. The fourth-order valence-electron chi connectivity index (χ4n) is 1.08. The third-order valence-corrected chi connectivity index (χ3v) is 2.41. The molecule has 76 valence electrons. The van der Waals surface area contributed by atoms with E-state index in [1.54, 1.807) is 0 Å². The van der Waals surface area contributed by atoms with Crippen molar-refractivity contribution in [1.82, 2.24) is 10.2 Å². The SMILES string of the molecule is C=C(OCC)c1nnc(Cl)c(C)c1C. The Hall–Kier alpha value is -1.09. The van der Waals surface area contributed by atoms with Crippen LogP contribution >= 0.6 is 11.6 Å². The van der Waals surface area contributed by atoms with E-state index in [1.165, 1.54) is 0 Å². The van der Waals surface area contributed by atoms with E-state index < -0.39 is 0 Å². The van der Waals surface area contributed by atoms with Crippen molar-refractivity contribution in [2.75, 3.05) is 6.61 Å². The quantitative estimate of drug-likeness (QED) is 0.723. The minimum absolute atomic E-state index is 0.426. The molecule has 0 bridgehead atoms. The number of halogens is 1. The minimum Gasteiger partial charge on any atom is -0.492 e. The number of ether oxygens (including phenoxy) is 1. The first kappa shape index (κ1) is 11.0. The van der Waals surface area contributed by atoms with Crippen molar-refractivity contribution in [2.24, 2.45) is 0 Å². The number of aromatic nitrogens is 2. The number of hydrogen-bond donors (Lipinski definition) is 0. The van der Waals surface area contributed by atoms with Gasteiger partial charge in [-0.05, 0) is 31.9 Å². The van der Waals surface area contributed by atoms with E-state index in [2.05, 4.69) is 16.8 Å². The van der Waals surface area contributed by atoms with Crippen LogP contribution in [-0.2, 0) is 4.74 Å². The van der Waals surface area contributed by atoms with Gasteiger partial charge in [0.05, 0.1) is 6.61 Å². The molecule has 0 saturated carbocycles. The molecule has 0 aliphatic rings. The summed E-state index contributed by atoms with van der Waals surface area (Å²) >= 11 is 5.82. The molecule has 4 heteroatoms. The molecule has 0 radical (unpaired) electrons. The average molecular weight is 213 g/mol. The maximum absolute atomic E-state index is 5.82. The predicted octanol–water partition coefficient (Wildman–Crippen LogP) is 2.75. The van der Waals surface area contributed by atoms with Gasteiger partial charge in [0, 0.05) is 0 Å². The van der Waals surface area contributed by atoms with E-state index in [0.717, 1.165) is 11.1 Å². The van der Waals surface area contributed by atoms with Gasteiger partial charge >= 0.3 is 0 Å². The zero-order valence-corrected chi connectivity index (χ0v) is 9.35. The molecular weight excluding hydrogens is 200 g/mol. The van der Waals surface area contributed by atoms with Crippen LogP contribution in [0.15, 0.2) is 6.58 Å². The van der Waals surface area contributed by atoms with Gasteiger partial charge in [-0.1, -0.05) is 18.2 Å². The van der Waals surface area contributed by atoms with E-state index in [0.29, 0.717) is 23.2 Å². The average Bonchev–Trinajstić information content (AvgIpc) is 2.15. The standard InChI is InChI=1S/C10H13ClN2O/c1-5-14-8(4)9-6(2)7(3)10(11)13-12-9/h4-5H2,1-3H3. The Morgan fingerprint density at radius 1 is 1.36 bits per heavy atom. The molecule has 0 aliphatic carbocycles. The third kappa shape index (κ3) is 2.04. The van der Waals surface area contributed by atoms with Crippen LogP contribution in [-0.4, -0.2) is 16.8 Å². The van der Waals surface area contributed by atoms with Gasteiger partial charge in [0.15, 0.2) is 5.15 Å². The van der Waals surface area contributed by atoms with Gasteiger partial charge in [0.2, 0.25) is 0 Å². The lowest BCUT2D eigenvalue weighted by Gasteiger charge is -2.10. The van der Waals surface area contributed by atoms with Crippen molar-refractivity contribution in [1.29, 1.82) is 0 Å². The van der Waals surface area contributed by atoms with E-state index in [4.69, 9.17) is 16.3 Å². The molecule has 0 spiro atoms. The first-order chi connectivity index (χ1) is 6.57. The molecule has 0 aliphatic heterocycles. The van der Waals surface area contributed by atoms with Gasteiger partial charge in [-0.15, -0.1) is 10.2 Å². The van der Waals surface area contributed by atoms with Crippen LogP contribution in [0.3, 0.4) is 0 Å². The van der Waals surface area contributed by atoms with Crippen LogP contribution < -0.4 is 0 Å². The topological polar surface area (TPSA) is 35.0 Å². The fraction of sp³-hybridized carbons (Fsp3) is 0.400. The molecule has 0 unspecified atom stereocenters. The lowest BCUT2D eigenvalue weighted by Crippen LogP contribution is -2.01. The Balaban J connectivity index is 3.11. The highest BCUT2D eigenvalue weighted by Gasteiger charge is 2.11. The maximum atomic E-state index is 5.82. The maximum Gasteiger partial charge on any atom is 0.154 e. The van der Waals surface area contributed by atoms with Gasteiger partial charge < -0.3 is 4.74 Å². The summed E-state index contributed by atoms with van der Waals surface area (Å²) < 4.78 is 5.26. The van der Waals surface area contributed by atoms with Crippen molar-refractivity contribution in [3.63, 3.8) is 0 Å². The summed E-state index contributed by atoms with van der Waals surface area (Å²) in [5.74, 6) is 0.539. The second kappa shape index (κ2) is 4.42. The van der Waals surface area contributed by atoms with Crippen LogP contribution in [0.25, 0.3) is 5.76 Å². The number of nitrogens with zero attached hydrogens (tertiary/aromatic N) is 2. The predicted molar refractivity (Wildman–Crippen MR) is 57.2 cm³/mol. The molecule has 3 nitrogen and oxygen atoms in total. The van der Waals surface area contributed by atoms with Crippen molar-refractivity contribution in [3.8, 4) is 0 Å². The second-order valence-corrected chi connectivity index (χ2v) is 3.30. The van der Waals surface area contributed by atoms with Gasteiger partial charge in [-0.25, -0.2) is 0 Å². The smallest absolute Gasteiger partial charge is 0.154 e. The molecule has 1 heterocycles. The van der Waals surface area contributed by atoms with E-state index in [1.807, 2.05) is 20.8 Å². The van der Waals surface area contributed by atoms with Crippen molar-refractivity contribution >= 4 is 17.4 Å². The monoisotopic (exact) mass is 212 g/mol. The lowest BCUT2D eigenvalue weighted by molar-refractivity contribution is 0.297. The largest absolute Gasteiger partial charge is 0.492 e. The highest BCUT2D eigenvalue weighted by Crippen LogP contribution is 2.22. The molecule has 0 N–H and O–H groups in total. The fourth-order valence-corrected chi connectivity index (χ4v) is 1.26. The number of rotatable bonds is 3. The Morgan fingerprint density at radius 3 is 2.57 bits per heavy atom. The Labute approximate surface area is 88.8 Å². The molecule has 0 fully saturated rings. The van der Waals surface area contributed by atoms with E-state index in [-0.39, 0.29) is 0 Å². The zero-order valence-electron chi connectivity index (χ0n) is 8.59. The molecule has 1 aromatic heterocycles. The van der Waals surface area contributed by atoms with Crippen LogP contribution in [0.1, 0.15) is 23.7 Å². The van der Waals surface area contributed by atoms with Gasteiger partial charge in [0.25, 0.3) is 0 Å². The van der Waals surface area contributed by atoms with Gasteiger partial charge in [-0.3, -0.25) is 0 Å². The highest BCUT2D eigenvalue weighted by atomic mass is 35.5. The van der Waals surface area contributed by atoms with Crippen molar-refractivity contribution in [2.45, 2.75) is 20.8 Å². The second-order valence-electron chi connectivity index (χ2n) is 2.95. The summed E-state index contributed by atoms with van der Waals surface area (Å²) in [4.78, 5) is 0. The molecule has 0 saturated heterocycles. The van der Waals surface area contributed by atoms with Crippen LogP contribution in [0.2, 0.25) is 5.15 Å². The Morgan fingerprint density at radius 2 is 2.00 bits per heavy atom. The minimum atomic E-state index is 0.426. The first-order valence-corrected chi connectivity index (χ1v) is 4.77. The van der Waals surface area contributed by atoms with Crippen molar-refractivity contribution < 1.29 is 4.74 Å². The third-order valence-electron chi connectivity index (χ3n) is 2.05. The first-order valence-electron chi connectivity index (χ1n) is 4.39. The number of hydrogen-bond acceptors (Lipinski definition) is 3. The normalized spacial score (nSPS) is 10.0. The van der Waals surface area contributed by atoms with Crippen molar-refractivity contribution in [3.05, 3.63) is 28.6 Å². The molecule has 0 atom stereocenters. The molecule has 1 aromatic rings. The molecule has 1 rings (SSSR count). The molecule has 0 aromatic carbocycles. The summed E-state index contributed by atoms with van der Waals surface area (Å²) in [6.07, 6.45) is 0. The zero-order chi connectivity index (χ0) is 10.7. The highest BCUT2D eigenvalue weighted by molar-refractivity contribution is 6.30. The van der Waals surface area contributed by atoms with Crippen LogP contribution in [0, 0.1) is 13.8 Å². The summed E-state index contributed by atoms with van der Waals surface area (Å²) in [6.45, 7) is 10.1.